The van der Waals surface area contributed by atoms with Crippen molar-refractivity contribution in [3.8, 4) is 5.75 Å². The second kappa shape index (κ2) is 6.51. The smallest absolute Gasteiger partial charge is 0.257 e. The van der Waals surface area contributed by atoms with Crippen LogP contribution in [0.4, 0.5) is 0 Å². The van der Waals surface area contributed by atoms with Crippen LogP contribution in [0.25, 0.3) is 0 Å². The van der Waals surface area contributed by atoms with E-state index in [2.05, 4.69) is 5.32 Å². The molecule has 0 aromatic heterocycles. The molecule has 0 saturated carbocycles. The fourth-order valence-electron chi connectivity index (χ4n) is 0.752. The third-order valence-corrected chi connectivity index (χ3v) is 1.71. The Kier molecular flexibility index (Phi) is 6.08. The number of benzene rings is 1. The van der Waals surface area contributed by atoms with Crippen molar-refractivity contribution < 1.29 is 9.53 Å². The molecule has 0 saturated heterocycles. The largest absolute Gasteiger partial charge is 0.484 e. The van der Waals surface area contributed by atoms with Gasteiger partial charge >= 0.3 is 0 Å². The summed E-state index contributed by atoms with van der Waals surface area (Å²) in [5.74, 6) is 0.475. The molecule has 0 atom stereocenters. The highest BCUT2D eigenvalue weighted by Crippen LogP contribution is 2.15. The molecule has 1 N–H and O–H groups in total. The van der Waals surface area contributed by atoms with Gasteiger partial charge in [-0.3, -0.25) is 4.79 Å². The Hall–Kier alpha value is -0.930. The lowest BCUT2D eigenvalue weighted by Gasteiger charge is -2.04. The van der Waals surface area contributed by atoms with E-state index in [4.69, 9.17) is 16.3 Å². The first-order valence-electron chi connectivity index (χ1n) is 3.81. The Balaban J connectivity index is 0.00000169. The van der Waals surface area contributed by atoms with Crippen LogP contribution in [0.5, 0.6) is 5.75 Å². The third kappa shape index (κ3) is 4.35. The second-order valence-electron chi connectivity index (χ2n) is 2.42. The Morgan fingerprint density at radius 2 is 2.00 bits per heavy atom. The van der Waals surface area contributed by atoms with Crippen molar-refractivity contribution in [1.29, 1.82) is 0 Å². The van der Waals surface area contributed by atoms with E-state index in [-0.39, 0.29) is 24.9 Å². The average Bonchev–Trinajstić information content (AvgIpc) is 2.16. The molecule has 0 heterocycles. The van der Waals surface area contributed by atoms with Crippen LogP contribution in [0.2, 0.25) is 5.02 Å². The Bertz CT molecular complexity index is 287. The van der Waals surface area contributed by atoms with Gasteiger partial charge in [-0.25, -0.2) is 0 Å². The summed E-state index contributed by atoms with van der Waals surface area (Å²) in [7, 11) is 1.56. The zero-order chi connectivity index (χ0) is 9.68. The van der Waals surface area contributed by atoms with Gasteiger partial charge in [0.25, 0.3) is 5.91 Å². The predicted octanol–water partition coefficient (Wildman–Crippen LogP) is 1.89. The Labute approximate surface area is 93.8 Å². The Morgan fingerprint density at radius 3 is 2.50 bits per heavy atom. The average molecular weight is 236 g/mol. The highest BCUT2D eigenvalue weighted by Gasteiger charge is 1.98. The van der Waals surface area contributed by atoms with Crippen molar-refractivity contribution in [1.82, 2.24) is 5.32 Å². The SMILES string of the molecule is CNC(=O)COc1ccc(Cl)cc1.Cl. The molecule has 0 radical (unpaired) electrons. The number of hydrogen-bond donors (Lipinski definition) is 1. The second-order valence-corrected chi connectivity index (χ2v) is 2.85. The lowest BCUT2D eigenvalue weighted by atomic mass is 10.3. The molecule has 14 heavy (non-hydrogen) atoms. The van der Waals surface area contributed by atoms with Gasteiger partial charge in [0.2, 0.25) is 0 Å². The predicted molar refractivity (Wildman–Crippen MR) is 58.3 cm³/mol. The topological polar surface area (TPSA) is 38.3 Å². The standard InChI is InChI=1S/C9H10ClNO2.ClH/c1-11-9(12)6-13-8-4-2-7(10)3-5-8;/h2-5H,6H2,1H3,(H,11,12);1H. The maximum atomic E-state index is 10.8. The molecular formula is C9H11Cl2NO2. The number of carbonyl (C=O) groups excluding carboxylic acids is 1. The maximum Gasteiger partial charge on any atom is 0.257 e. The number of ether oxygens (including phenoxy) is 1. The molecule has 0 aliphatic carbocycles. The third-order valence-electron chi connectivity index (χ3n) is 1.46. The van der Waals surface area contributed by atoms with Crippen LogP contribution in [0.3, 0.4) is 0 Å². The van der Waals surface area contributed by atoms with E-state index >= 15 is 0 Å². The van der Waals surface area contributed by atoms with Gasteiger partial charge in [-0.05, 0) is 24.3 Å². The summed E-state index contributed by atoms with van der Waals surface area (Å²) in [5.41, 5.74) is 0. The van der Waals surface area contributed by atoms with Crippen molar-refractivity contribution in [2.45, 2.75) is 0 Å². The molecule has 3 nitrogen and oxygen atoms in total. The van der Waals surface area contributed by atoms with Crippen LogP contribution in [-0.2, 0) is 4.79 Å². The van der Waals surface area contributed by atoms with Gasteiger partial charge in [-0.15, -0.1) is 12.4 Å². The number of halogens is 2. The van der Waals surface area contributed by atoms with Crippen molar-refractivity contribution in [3.63, 3.8) is 0 Å². The van der Waals surface area contributed by atoms with Crippen molar-refractivity contribution in [3.05, 3.63) is 29.3 Å². The molecule has 1 aromatic rings. The van der Waals surface area contributed by atoms with E-state index in [9.17, 15) is 4.79 Å². The fraction of sp³-hybridized carbons (Fsp3) is 0.222. The minimum Gasteiger partial charge on any atom is -0.484 e. The minimum absolute atomic E-state index is 0. The molecule has 0 fully saturated rings. The van der Waals surface area contributed by atoms with Gasteiger partial charge in [0, 0.05) is 12.1 Å². The summed E-state index contributed by atoms with van der Waals surface area (Å²) in [6.07, 6.45) is 0. The summed E-state index contributed by atoms with van der Waals surface area (Å²) in [5, 5.41) is 3.10. The summed E-state index contributed by atoms with van der Waals surface area (Å²) < 4.78 is 5.14. The van der Waals surface area contributed by atoms with Gasteiger partial charge in [0.05, 0.1) is 0 Å². The van der Waals surface area contributed by atoms with Gasteiger partial charge in [0.15, 0.2) is 6.61 Å². The van der Waals surface area contributed by atoms with Gasteiger partial charge in [-0.1, -0.05) is 11.6 Å². The van der Waals surface area contributed by atoms with Crippen LogP contribution in [-0.4, -0.2) is 19.6 Å². The van der Waals surface area contributed by atoms with Crippen LogP contribution >= 0.6 is 24.0 Å². The summed E-state index contributed by atoms with van der Waals surface area (Å²) in [4.78, 5) is 10.8. The van der Waals surface area contributed by atoms with Gasteiger partial charge in [0.1, 0.15) is 5.75 Å². The molecule has 0 bridgehead atoms. The molecule has 78 valence electrons. The number of carbonyl (C=O) groups is 1. The Morgan fingerprint density at radius 1 is 1.43 bits per heavy atom. The van der Waals surface area contributed by atoms with Gasteiger partial charge in [-0.2, -0.15) is 0 Å². The van der Waals surface area contributed by atoms with E-state index in [0.29, 0.717) is 10.8 Å². The van der Waals surface area contributed by atoms with E-state index < -0.39 is 0 Å². The van der Waals surface area contributed by atoms with E-state index in [1.54, 1.807) is 31.3 Å². The molecule has 0 aliphatic rings. The minimum atomic E-state index is -0.157. The van der Waals surface area contributed by atoms with E-state index in [1.165, 1.54) is 0 Å². The van der Waals surface area contributed by atoms with Crippen molar-refractivity contribution in [2.75, 3.05) is 13.7 Å². The molecule has 1 aromatic carbocycles. The molecule has 1 rings (SSSR count). The molecule has 0 unspecified atom stereocenters. The summed E-state index contributed by atoms with van der Waals surface area (Å²) in [6, 6.07) is 6.85. The highest BCUT2D eigenvalue weighted by molar-refractivity contribution is 6.30. The van der Waals surface area contributed by atoms with Crippen LogP contribution < -0.4 is 10.1 Å². The normalized spacial score (nSPS) is 8.71. The molecular weight excluding hydrogens is 225 g/mol. The molecule has 5 heteroatoms. The zero-order valence-electron chi connectivity index (χ0n) is 7.62. The quantitative estimate of drug-likeness (QED) is 0.870. The first-order chi connectivity index (χ1) is 6.22. The summed E-state index contributed by atoms with van der Waals surface area (Å²) in [6.45, 7) is 0.0259. The van der Waals surface area contributed by atoms with Crippen LogP contribution in [0.1, 0.15) is 0 Å². The van der Waals surface area contributed by atoms with E-state index in [0.717, 1.165) is 0 Å². The highest BCUT2D eigenvalue weighted by atomic mass is 35.5. The number of likely N-dealkylation sites (N-methyl/N-ethyl adjacent to an activating group) is 1. The lowest BCUT2D eigenvalue weighted by molar-refractivity contribution is -0.122. The van der Waals surface area contributed by atoms with Crippen molar-refractivity contribution >= 4 is 29.9 Å². The number of hydrogen-bond acceptors (Lipinski definition) is 2. The molecule has 1 amide bonds. The first kappa shape index (κ1) is 13.1. The lowest BCUT2D eigenvalue weighted by Crippen LogP contribution is -2.24. The van der Waals surface area contributed by atoms with E-state index in [1.807, 2.05) is 0 Å². The fourth-order valence-corrected chi connectivity index (χ4v) is 0.878. The summed E-state index contributed by atoms with van der Waals surface area (Å²) >= 11 is 5.67. The van der Waals surface area contributed by atoms with Crippen molar-refractivity contribution in [2.24, 2.45) is 0 Å². The number of nitrogens with one attached hydrogen (secondary N) is 1. The monoisotopic (exact) mass is 235 g/mol. The molecule has 0 spiro atoms. The van der Waals surface area contributed by atoms with Crippen LogP contribution in [0, 0.1) is 0 Å². The first-order valence-corrected chi connectivity index (χ1v) is 4.19. The maximum absolute atomic E-state index is 10.8. The number of amides is 1. The van der Waals surface area contributed by atoms with Gasteiger partial charge < -0.3 is 10.1 Å². The van der Waals surface area contributed by atoms with Crippen LogP contribution in [0.15, 0.2) is 24.3 Å². The molecule has 0 aliphatic heterocycles. The number of rotatable bonds is 3. The zero-order valence-corrected chi connectivity index (χ0v) is 9.19.